The molecule has 0 radical (unpaired) electrons. The van der Waals surface area contributed by atoms with Crippen LogP contribution in [-0.4, -0.2) is 26.1 Å². The zero-order valence-corrected chi connectivity index (χ0v) is 16.3. The van der Waals surface area contributed by atoms with Gasteiger partial charge in [-0.2, -0.15) is 0 Å². The molecule has 1 aliphatic rings. The number of hydrogen-bond acceptors (Lipinski definition) is 4. The van der Waals surface area contributed by atoms with Crippen LogP contribution in [0.25, 0.3) is 0 Å². The predicted molar refractivity (Wildman–Crippen MR) is 109 cm³/mol. The third-order valence-electron chi connectivity index (χ3n) is 5.03. The fraction of sp³-hybridized carbons (Fsp3) is 0.227. The maximum absolute atomic E-state index is 12.8. The van der Waals surface area contributed by atoms with Crippen LogP contribution in [0.1, 0.15) is 27.7 Å². The van der Waals surface area contributed by atoms with Crippen LogP contribution < -0.4 is 15.0 Å². The van der Waals surface area contributed by atoms with Gasteiger partial charge in [-0.1, -0.05) is 29.8 Å². The summed E-state index contributed by atoms with van der Waals surface area (Å²) in [5, 5.41) is 3.51. The van der Waals surface area contributed by atoms with E-state index in [4.69, 9.17) is 20.8 Å². The largest absolute Gasteiger partial charge is 0.496 e. The van der Waals surface area contributed by atoms with Crippen LogP contribution in [0.3, 0.4) is 0 Å². The SMILES string of the molecule is COc1ccc(Cl)cc1C(=O)NCC(c1ccco1)N1CCc2ccccc21. The lowest BCUT2D eigenvalue weighted by Crippen LogP contribution is -2.37. The highest BCUT2D eigenvalue weighted by Gasteiger charge is 2.29. The van der Waals surface area contributed by atoms with Gasteiger partial charge in [-0.05, 0) is 48.4 Å². The molecular formula is C22H21ClN2O3. The first kappa shape index (κ1) is 18.4. The van der Waals surface area contributed by atoms with E-state index in [1.54, 1.807) is 24.5 Å². The highest BCUT2D eigenvalue weighted by molar-refractivity contribution is 6.31. The molecule has 28 heavy (non-hydrogen) atoms. The molecule has 0 bridgehead atoms. The van der Waals surface area contributed by atoms with E-state index in [1.165, 1.54) is 18.4 Å². The minimum absolute atomic E-state index is 0.104. The number of benzene rings is 2. The molecule has 3 aromatic rings. The van der Waals surface area contributed by atoms with E-state index in [1.807, 2.05) is 18.2 Å². The van der Waals surface area contributed by atoms with E-state index >= 15 is 0 Å². The second kappa shape index (κ2) is 7.98. The van der Waals surface area contributed by atoms with Crippen molar-refractivity contribution in [2.75, 3.05) is 25.1 Å². The number of fused-ring (bicyclic) bond motifs is 1. The third-order valence-corrected chi connectivity index (χ3v) is 5.27. The maximum Gasteiger partial charge on any atom is 0.255 e. The first-order valence-electron chi connectivity index (χ1n) is 9.17. The van der Waals surface area contributed by atoms with Crippen molar-refractivity contribution in [3.63, 3.8) is 0 Å². The van der Waals surface area contributed by atoms with Gasteiger partial charge in [-0.3, -0.25) is 4.79 Å². The molecule has 1 unspecified atom stereocenters. The molecule has 5 nitrogen and oxygen atoms in total. The molecule has 0 saturated heterocycles. The molecule has 0 spiro atoms. The summed E-state index contributed by atoms with van der Waals surface area (Å²) in [5.74, 6) is 1.07. The minimum atomic E-state index is -0.233. The lowest BCUT2D eigenvalue weighted by atomic mass is 10.1. The van der Waals surface area contributed by atoms with Crippen molar-refractivity contribution in [3.8, 4) is 5.75 Å². The number of para-hydroxylation sites is 1. The Kier molecular flexibility index (Phi) is 5.26. The number of rotatable bonds is 6. The van der Waals surface area contributed by atoms with Crippen LogP contribution in [0.15, 0.2) is 65.3 Å². The molecule has 1 atom stereocenters. The minimum Gasteiger partial charge on any atom is -0.496 e. The van der Waals surface area contributed by atoms with Crippen LogP contribution in [0.2, 0.25) is 5.02 Å². The summed E-state index contributed by atoms with van der Waals surface area (Å²) < 4.78 is 11.0. The summed E-state index contributed by atoms with van der Waals surface area (Å²) in [5.41, 5.74) is 2.90. The number of halogens is 1. The molecule has 1 aromatic heterocycles. The molecule has 144 valence electrons. The number of methoxy groups -OCH3 is 1. The van der Waals surface area contributed by atoms with E-state index in [-0.39, 0.29) is 11.9 Å². The van der Waals surface area contributed by atoms with Crippen molar-refractivity contribution >= 4 is 23.2 Å². The summed E-state index contributed by atoms with van der Waals surface area (Å²) in [6.45, 7) is 1.28. The number of furan rings is 1. The molecule has 2 aromatic carbocycles. The van der Waals surface area contributed by atoms with Gasteiger partial charge in [0.1, 0.15) is 17.6 Å². The Morgan fingerprint density at radius 3 is 2.89 bits per heavy atom. The number of nitrogens with one attached hydrogen (secondary N) is 1. The van der Waals surface area contributed by atoms with Crippen LogP contribution in [0.4, 0.5) is 5.69 Å². The highest BCUT2D eigenvalue weighted by Crippen LogP contribution is 2.35. The van der Waals surface area contributed by atoms with E-state index in [0.717, 1.165) is 18.7 Å². The number of hydrogen-bond donors (Lipinski definition) is 1. The summed E-state index contributed by atoms with van der Waals surface area (Å²) >= 11 is 6.06. The zero-order valence-electron chi connectivity index (χ0n) is 15.5. The fourth-order valence-corrected chi connectivity index (χ4v) is 3.85. The van der Waals surface area contributed by atoms with Gasteiger partial charge in [0.15, 0.2) is 0 Å². The number of nitrogens with zero attached hydrogens (tertiary/aromatic N) is 1. The standard InChI is InChI=1S/C22H21ClN2O3/c1-27-20-9-8-16(23)13-17(20)22(26)24-14-19(21-7-4-12-28-21)25-11-10-15-5-2-3-6-18(15)25/h2-9,12-13,19H,10-11,14H2,1H3,(H,24,26). The van der Waals surface area contributed by atoms with Gasteiger partial charge < -0.3 is 19.4 Å². The Labute approximate surface area is 168 Å². The summed E-state index contributed by atoms with van der Waals surface area (Å²) in [6, 6.07) is 17.1. The van der Waals surface area contributed by atoms with Gasteiger partial charge in [-0.15, -0.1) is 0 Å². The Morgan fingerprint density at radius 2 is 2.11 bits per heavy atom. The normalized spacial score (nSPS) is 13.9. The van der Waals surface area contributed by atoms with E-state index in [2.05, 4.69) is 28.4 Å². The number of carbonyl (C=O) groups is 1. The van der Waals surface area contributed by atoms with Crippen LogP contribution >= 0.6 is 11.6 Å². The van der Waals surface area contributed by atoms with Gasteiger partial charge in [0, 0.05) is 23.8 Å². The topological polar surface area (TPSA) is 54.7 Å². The molecule has 0 aliphatic carbocycles. The summed E-state index contributed by atoms with van der Waals surface area (Å²) in [7, 11) is 1.53. The van der Waals surface area contributed by atoms with Gasteiger partial charge in [0.25, 0.3) is 5.91 Å². The Morgan fingerprint density at radius 1 is 1.25 bits per heavy atom. The molecule has 0 saturated carbocycles. The van der Waals surface area contributed by atoms with Crippen molar-refractivity contribution in [1.82, 2.24) is 5.32 Å². The monoisotopic (exact) mass is 396 g/mol. The molecule has 6 heteroatoms. The van der Waals surface area contributed by atoms with Gasteiger partial charge in [-0.25, -0.2) is 0 Å². The maximum atomic E-state index is 12.8. The summed E-state index contributed by atoms with van der Waals surface area (Å²) in [4.78, 5) is 15.1. The number of amides is 1. The van der Waals surface area contributed by atoms with Crippen LogP contribution in [0.5, 0.6) is 5.75 Å². The molecule has 0 fully saturated rings. The molecule has 4 rings (SSSR count). The number of anilines is 1. The van der Waals surface area contributed by atoms with Crippen molar-refractivity contribution in [3.05, 3.63) is 82.8 Å². The number of ether oxygens (including phenoxy) is 1. The average molecular weight is 397 g/mol. The lowest BCUT2D eigenvalue weighted by molar-refractivity contribution is 0.0947. The van der Waals surface area contributed by atoms with Gasteiger partial charge in [0.05, 0.1) is 18.9 Å². The van der Waals surface area contributed by atoms with Gasteiger partial charge in [0.2, 0.25) is 0 Å². The van der Waals surface area contributed by atoms with Crippen molar-refractivity contribution in [2.24, 2.45) is 0 Å². The van der Waals surface area contributed by atoms with E-state index in [9.17, 15) is 4.79 Å². The van der Waals surface area contributed by atoms with Crippen LogP contribution in [-0.2, 0) is 6.42 Å². The summed E-state index contributed by atoms with van der Waals surface area (Å²) in [6.07, 6.45) is 2.63. The predicted octanol–water partition coefficient (Wildman–Crippen LogP) is 4.48. The van der Waals surface area contributed by atoms with Gasteiger partial charge >= 0.3 is 0 Å². The second-order valence-corrected chi connectivity index (χ2v) is 7.09. The third kappa shape index (κ3) is 3.58. The first-order chi connectivity index (χ1) is 13.7. The van der Waals surface area contributed by atoms with Crippen molar-refractivity contribution < 1.29 is 13.9 Å². The van der Waals surface area contributed by atoms with Crippen LogP contribution in [0, 0.1) is 0 Å². The second-order valence-electron chi connectivity index (χ2n) is 6.66. The molecular weight excluding hydrogens is 376 g/mol. The van der Waals surface area contributed by atoms with Crippen molar-refractivity contribution in [1.29, 1.82) is 0 Å². The molecule has 2 heterocycles. The Hall–Kier alpha value is -2.92. The lowest BCUT2D eigenvalue weighted by Gasteiger charge is -2.29. The smallest absolute Gasteiger partial charge is 0.255 e. The van der Waals surface area contributed by atoms with E-state index < -0.39 is 0 Å². The van der Waals surface area contributed by atoms with E-state index in [0.29, 0.717) is 22.9 Å². The average Bonchev–Trinajstić information content (AvgIpc) is 3.39. The highest BCUT2D eigenvalue weighted by atomic mass is 35.5. The molecule has 1 N–H and O–H groups in total. The molecule has 1 aliphatic heterocycles. The fourth-order valence-electron chi connectivity index (χ4n) is 3.68. The van der Waals surface area contributed by atoms with Crippen molar-refractivity contribution in [2.45, 2.75) is 12.5 Å². The Balaban J connectivity index is 1.57. The number of carbonyl (C=O) groups excluding carboxylic acids is 1. The zero-order chi connectivity index (χ0) is 19.5. The Bertz CT molecular complexity index is 972. The first-order valence-corrected chi connectivity index (χ1v) is 9.55. The quantitative estimate of drug-likeness (QED) is 0.667. The molecule has 1 amide bonds.